The van der Waals surface area contributed by atoms with Gasteiger partial charge in [0.15, 0.2) is 0 Å². The van der Waals surface area contributed by atoms with E-state index in [-0.39, 0.29) is 11.8 Å². The standard InChI is InChI=1S/C23H37N5O2/c1-25-11-6-18(7-12-25)16-27(3)22(29)20-5-10-24-21(15-20)23(30)28(4)17-19-8-13-26(2)14-9-19/h5,10,15,18-19H,6-9,11-14,16-17H2,1-4H3. The molecule has 0 N–H and O–H groups in total. The second-order valence-electron chi connectivity index (χ2n) is 9.29. The van der Waals surface area contributed by atoms with Gasteiger partial charge >= 0.3 is 0 Å². The van der Waals surface area contributed by atoms with Gasteiger partial charge in [0.25, 0.3) is 11.8 Å². The Balaban J connectivity index is 1.57. The number of pyridine rings is 1. The van der Waals surface area contributed by atoms with Crippen molar-refractivity contribution < 1.29 is 9.59 Å². The lowest BCUT2D eigenvalue weighted by molar-refractivity contribution is 0.0740. The van der Waals surface area contributed by atoms with Gasteiger partial charge in [0.05, 0.1) is 0 Å². The van der Waals surface area contributed by atoms with E-state index in [1.807, 2.05) is 14.1 Å². The van der Waals surface area contributed by atoms with Gasteiger partial charge in [-0.2, -0.15) is 0 Å². The molecule has 2 amide bonds. The third-order valence-electron chi connectivity index (χ3n) is 6.66. The molecule has 166 valence electrons. The van der Waals surface area contributed by atoms with Crippen LogP contribution in [0, 0.1) is 11.8 Å². The fraction of sp³-hybridized carbons (Fsp3) is 0.696. The molecule has 30 heavy (non-hydrogen) atoms. The van der Waals surface area contributed by atoms with Crippen molar-refractivity contribution in [3.8, 4) is 0 Å². The largest absolute Gasteiger partial charge is 0.341 e. The Morgan fingerprint density at radius 3 is 1.87 bits per heavy atom. The van der Waals surface area contributed by atoms with Gasteiger partial charge in [-0.1, -0.05) is 0 Å². The zero-order valence-corrected chi connectivity index (χ0v) is 19.0. The van der Waals surface area contributed by atoms with Crippen LogP contribution < -0.4 is 0 Å². The Kier molecular flexibility index (Phi) is 7.83. The minimum atomic E-state index is -0.110. The Bertz CT molecular complexity index is 667. The van der Waals surface area contributed by atoms with Crippen LogP contribution in [-0.2, 0) is 0 Å². The van der Waals surface area contributed by atoms with Crippen LogP contribution in [0.3, 0.4) is 0 Å². The summed E-state index contributed by atoms with van der Waals surface area (Å²) in [6.07, 6.45) is 6.04. The van der Waals surface area contributed by atoms with Crippen molar-refractivity contribution in [2.24, 2.45) is 11.8 Å². The van der Waals surface area contributed by atoms with Crippen LogP contribution in [0.2, 0.25) is 0 Å². The normalized spacial score (nSPS) is 19.6. The number of piperidine rings is 2. The summed E-state index contributed by atoms with van der Waals surface area (Å²) in [5, 5.41) is 0. The average Bonchev–Trinajstić information content (AvgIpc) is 2.76. The molecule has 0 aromatic carbocycles. The molecule has 2 saturated heterocycles. The van der Waals surface area contributed by atoms with Gasteiger partial charge in [-0.3, -0.25) is 14.6 Å². The van der Waals surface area contributed by atoms with Crippen molar-refractivity contribution in [2.45, 2.75) is 25.7 Å². The second-order valence-corrected chi connectivity index (χ2v) is 9.29. The van der Waals surface area contributed by atoms with Gasteiger partial charge < -0.3 is 19.6 Å². The molecule has 0 unspecified atom stereocenters. The predicted octanol–water partition coefficient (Wildman–Crippen LogP) is 1.91. The summed E-state index contributed by atoms with van der Waals surface area (Å²) in [5.41, 5.74) is 0.889. The predicted molar refractivity (Wildman–Crippen MR) is 119 cm³/mol. The Labute approximate surface area is 181 Å². The zero-order valence-electron chi connectivity index (χ0n) is 19.0. The fourth-order valence-electron chi connectivity index (χ4n) is 4.53. The maximum Gasteiger partial charge on any atom is 0.272 e. The van der Waals surface area contributed by atoms with Gasteiger partial charge in [-0.25, -0.2) is 0 Å². The number of carbonyl (C=O) groups excluding carboxylic acids is 2. The fourth-order valence-corrected chi connectivity index (χ4v) is 4.53. The van der Waals surface area contributed by atoms with E-state index in [1.54, 1.807) is 28.1 Å². The number of likely N-dealkylation sites (tertiary alicyclic amines) is 2. The molecule has 3 rings (SSSR count). The highest BCUT2D eigenvalue weighted by Crippen LogP contribution is 2.19. The molecule has 0 atom stereocenters. The smallest absolute Gasteiger partial charge is 0.272 e. The van der Waals surface area contributed by atoms with Crippen LogP contribution in [0.5, 0.6) is 0 Å². The van der Waals surface area contributed by atoms with E-state index in [4.69, 9.17) is 0 Å². The highest BCUT2D eigenvalue weighted by molar-refractivity contribution is 5.98. The summed E-state index contributed by atoms with van der Waals surface area (Å²) in [6, 6.07) is 3.36. The van der Waals surface area contributed by atoms with E-state index >= 15 is 0 Å². The van der Waals surface area contributed by atoms with Crippen molar-refractivity contribution in [1.82, 2.24) is 24.6 Å². The minimum absolute atomic E-state index is 0.0386. The molecule has 0 aliphatic carbocycles. The van der Waals surface area contributed by atoms with Crippen molar-refractivity contribution in [3.05, 3.63) is 29.6 Å². The molecular formula is C23H37N5O2. The molecular weight excluding hydrogens is 378 g/mol. The Morgan fingerprint density at radius 1 is 0.900 bits per heavy atom. The molecule has 7 nitrogen and oxygen atoms in total. The molecule has 0 spiro atoms. The molecule has 2 aliphatic heterocycles. The number of carbonyl (C=O) groups is 2. The summed E-state index contributed by atoms with van der Waals surface area (Å²) >= 11 is 0. The van der Waals surface area contributed by atoms with Gasteiger partial charge in [-0.15, -0.1) is 0 Å². The van der Waals surface area contributed by atoms with Crippen molar-refractivity contribution in [3.63, 3.8) is 0 Å². The summed E-state index contributed by atoms with van der Waals surface area (Å²) in [7, 11) is 7.98. The maximum atomic E-state index is 12.9. The van der Waals surface area contributed by atoms with Crippen molar-refractivity contribution >= 4 is 11.8 Å². The third-order valence-corrected chi connectivity index (χ3v) is 6.66. The monoisotopic (exact) mass is 415 g/mol. The van der Waals surface area contributed by atoms with Gasteiger partial charge in [0.2, 0.25) is 0 Å². The number of hydrogen-bond donors (Lipinski definition) is 0. The summed E-state index contributed by atoms with van der Waals surface area (Å²) in [6.45, 7) is 5.84. The van der Waals surface area contributed by atoms with Gasteiger partial charge in [-0.05, 0) is 89.9 Å². The van der Waals surface area contributed by atoms with Crippen LogP contribution in [-0.4, -0.2) is 104 Å². The molecule has 1 aromatic heterocycles. The Morgan fingerprint density at radius 2 is 1.37 bits per heavy atom. The molecule has 0 radical (unpaired) electrons. The van der Waals surface area contributed by atoms with E-state index in [1.165, 1.54) is 0 Å². The quantitative estimate of drug-likeness (QED) is 0.710. The second kappa shape index (κ2) is 10.4. The third kappa shape index (κ3) is 6.01. The van der Waals surface area contributed by atoms with E-state index in [2.05, 4.69) is 28.9 Å². The van der Waals surface area contributed by atoms with Crippen LogP contribution in [0.25, 0.3) is 0 Å². The Hall–Kier alpha value is -1.99. The first-order valence-corrected chi connectivity index (χ1v) is 11.2. The molecule has 1 aromatic rings. The first-order valence-electron chi connectivity index (χ1n) is 11.2. The lowest BCUT2D eigenvalue weighted by Gasteiger charge is -2.32. The average molecular weight is 416 g/mol. The van der Waals surface area contributed by atoms with Crippen molar-refractivity contribution in [1.29, 1.82) is 0 Å². The molecule has 0 bridgehead atoms. The lowest BCUT2D eigenvalue weighted by Crippen LogP contribution is -2.38. The van der Waals surface area contributed by atoms with Gasteiger partial charge in [0.1, 0.15) is 5.69 Å². The highest BCUT2D eigenvalue weighted by atomic mass is 16.2. The van der Waals surface area contributed by atoms with Crippen molar-refractivity contribution in [2.75, 3.05) is 67.5 Å². The molecule has 0 saturated carbocycles. The van der Waals surface area contributed by atoms with Crippen LogP contribution >= 0.6 is 0 Å². The summed E-state index contributed by atoms with van der Waals surface area (Å²) in [4.78, 5) is 38.3. The van der Waals surface area contributed by atoms with Crippen LogP contribution in [0.15, 0.2) is 18.3 Å². The highest BCUT2D eigenvalue weighted by Gasteiger charge is 2.24. The molecule has 3 heterocycles. The molecule has 2 fully saturated rings. The van der Waals surface area contributed by atoms with E-state index in [0.717, 1.165) is 65.0 Å². The number of amides is 2. The van der Waals surface area contributed by atoms with E-state index in [9.17, 15) is 9.59 Å². The molecule has 2 aliphatic rings. The lowest BCUT2D eigenvalue weighted by atomic mass is 9.96. The summed E-state index contributed by atoms with van der Waals surface area (Å²) < 4.78 is 0. The maximum absolute atomic E-state index is 12.9. The van der Waals surface area contributed by atoms with Gasteiger partial charge in [0, 0.05) is 38.9 Å². The number of nitrogens with zero attached hydrogens (tertiary/aromatic N) is 5. The van der Waals surface area contributed by atoms with E-state index in [0.29, 0.717) is 23.1 Å². The number of aromatic nitrogens is 1. The van der Waals surface area contributed by atoms with Crippen LogP contribution in [0.4, 0.5) is 0 Å². The van der Waals surface area contributed by atoms with Crippen LogP contribution in [0.1, 0.15) is 46.5 Å². The minimum Gasteiger partial charge on any atom is -0.341 e. The molecule has 7 heteroatoms. The topological polar surface area (TPSA) is 60.0 Å². The number of rotatable bonds is 6. The number of hydrogen-bond acceptors (Lipinski definition) is 5. The first kappa shape index (κ1) is 22.7. The van der Waals surface area contributed by atoms with E-state index < -0.39 is 0 Å². The first-order chi connectivity index (χ1) is 14.3. The SMILES string of the molecule is CN1CCC(CN(C)C(=O)c2ccnc(C(=O)N(C)CC3CCN(C)CC3)c2)CC1. The zero-order chi connectivity index (χ0) is 21.7. The summed E-state index contributed by atoms with van der Waals surface area (Å²) in [5.74, 6) is 0.921.